The Hall–Kier alpha value is -1.51. The molecule has 2 atom stereocenters. The first-order valence-electron chi connectivity index (χ1n) is 12.1. The number of benzene rings is 1. The molecule has 4 rings (SSSR count). The van der Waals surface area contributed by atoms with Gasteiger partial charge in [0.15, 0.2) is 0 Å². The Bertz CT molecular complexity index is 923. The summed E-state index contributed by atoms with van der Waals surface area (Å²) in [5.74, 6) is 0.211. The lowest BCUT2D eigenvalue weighted by molar-refractivity contribution is -0.150. The van der Waals surface area contributed by atoms with Crippen LogP contribution in [0, 0.1) is 13.8 Å². The molecular weight excluding hydrogens is 472 g/mol. The quantitative estimate of drug-likeness (QED) is 0.472. The first kappa shape index (κ1) is 25.6. The van der Waals surface area contributed by atoms with Crippen LogP contribution in [0.2, 0.25) is 5.02 Å². The minimum atomic E-state index is -0.362. The van der Waals surface area contributed by atoms with Gasteiger partial charge >= 0.3 is 5.97 Å². The molecule has 1 saturated carbocycles. The molecule has 2 unspecified atom stereocenters. The number of aromatic nitrogens is 1. The number of morpholine rings is 1. The molecule has 2 fully saturated rings. The maximum atomic E-state index is 11.4. The molecule has 186 valence electrons. The standard InChI is InChI=1S/C26H35ClN2O4S/c1-17-18(2)34-26(28-17)20-6-10-22(11-7-20)29-13-24(15-32-16-25(30)31-3)33-14-23(29)12-19-4-8-21(27)9-5-19/h4-5,8-9,20,22-24H,6-7,10-16H2,1-3H3. The number of hydrogen-bond acceptors (Lipinski definition) is 7. The highest BCUT2D eigenvalue weighted by Gasteiger charge is 2.36. The molecule has 0 bridgehead atoms. The Morgan fingerprint density at radius 2 is 1.94 bits per heavy atom. The highest BCUT2D eigenvalue weighted by atomic mass is 35.5. The molecule has 2 aliphatic rings. The summed E-state index contributed by atoms with van der Waals surface area (Å²) in [6, 6.07) is 8.95. The largest absolute Gasteiger partial charge is 0.467 e. The van der Waals surface area contributed by atoms with E-state index in [1.165, 1.54) is 41.1 Å². The van der Waals surface area contributed by atoms with Gasteiger partial charge in [-0.25, -0.2) is 9.78 Å². The van der Waals surface area contributed by atoms with E-state index in [1.807, 2.05) is 23.5 Å². The normalized spacial score (nSPS) is 25.9. The van der Waals surface area contributed by atoms with E-state index < -0.39 is 0 Å². The predicted octanol–water partition coefficient (Wildman–Crippen LogP) is 4.94. The number of methoxy groups -OCH3 is 1. The van der Waals surface area contributed by atoms with Gasteiger partial charge < -0.3 is 14.2 Å². The molecule has 1 aromatic heterocycles. The first-order valence-corrected chi connectivity index (χ1v) is 13.3. The lowest BCUT2D eigenvalue weighted by Gasteiger charge is -2.46. The highest BCUT2D eigenvalue weighted by Crippen LogP contribution is 2.38. The smallest absolute Gasteiger partial charge is 0.331 e. The van der Waals surface area contributed by atoms with Crippen molar-refractivity contribution in [3.63, 3.8) is 0 Å². The zero-order valence-electron chi connectivity index (χ0n) is 20.3. The van der Waals surface area contributed by atoms with Crippen molar-refractivity contribution in [2.45, 2.75) is 70.1 Å². The van der Waals surface area contributed by atoms with Crippen molar-refractivity contribution in [1.82, 2.24) is 9.88 Å². The maximum absolute atomic E-state index is 11.4. The van der Waals surface area contributed by atoms with Crippen LogP contribution in [0.15, 0.2) is 24.3 Å². The summed E-state index contributed by atoms with van der Waals surface area (Å²) in [6.07, 6.45) is 5.55. The van der Waals surface area contributed by atoms with E-state index in [-0.39, 0.29) is 18.7 Å². The molecule has 8 heteroatoms. The molecule has 34 heavy (non-hydrogen) atoms. The van der Waals surface area contributed by atoms with E-state index in [1.54, 1.807) is 0 Å². The second-order valence-corrected chi connectivity index (χ2v) is 11.1. The van der Waals surface area contributed by atoms with Crippen molar-refractivity contribution in [2.75, 3.05) is 33.5 Å². The number of carbonyl (C=O) groups excluding carboxylic acids is 1. The second kappa shape index (κ2) is 12.0. The van der Waals surface area contributed by atoms with Gasteiger partial charge in [0.2, 0.25) is 0 Å². The molecule has 2 aromatic rings. The molecule has 0 radical (unpaired) electrons. The molecule has 1 aliphatic carbocycles. The van der Waals surface area contributed by atoms with E-state index in [9.17, 15) is 4.79 Å². The molecule has 1 aromatic carbocycles. The lowest BCUT2D eigenvalue weighted by Crippen LogP contribution is -2.56. The van der Waals surface area contributed by atoms with E-state index in [2.05, 4.69) is 35.6 Å². The van der Waals surface area contributed by atoms with E-state index in [0.29, 0.717) is 31.2 Å². The fourth-order valence-electron chi connectivity index (χ4n) is 5.06. The van der Waals surface area contributed by atoms with Crippen molar-refractivity contribution in [3.8, 4) is 0 Å². The van der Waals surface area contributed by atoms with E-state index >= 15 is 0 Å². The first-order chi connectivity index (χ1) is 16.4. The fourth-order valence-corrected chi connectivity index (χ4v) is 6.27. The Labute approximate surface area is 211 Å². The number of halogens is 1. The van der Waals surface area contributed by atoms with Gasteiger partial charge in [-0.2, -0.15) is 0 Å². The topological polar surface area (TPSA) is 60.9 Å². The van der Waals surface area contributed by atoms with Gasteiger partial charge in [0.05, 0.1) is 37.1 Å². The number of thiazole rings is 1. The second-order valence-electron chi connectivity index (χ2n) is 9.43. The van der Waals surface area contributed by atoms with Crippen molar-refractivity contribution in [3.05, 3.63) is 50.4 Å². The average molecular weight is 507 g/mol. The number of ether oxygens (including phenoxy) is 3. The van der Waals surface area contributed by atoms with Gasteiger partial charge in [0, 0.05) is 34.4 Å². The molecule has 0 amide bonds. The Morgan fingerprint density at radius 3 is 2.59 bits per heavy atom. The molecule has 1 aliphatic heterocycles. The van der Waals surface area contributed by atoms with Crippen LogP contribution in [0.5, 0.6) is 0 Å². The highest BCUT2D eigenvalue weighted by molar-refractivity contribution is 7.11. The summed E-state index contributed by atoms with van der Waals surface area (Å²) >= 11 is 7.96. The molecule has 2 heterocycles. The Balaban J connectivity index is 1.40. The Morgan fingerprint density at radius 1 is 1.21 bits per heavy atom. The van der Waals surface area contributed by atoms with Gasteiger partial charge in [0.25, 0.3) is 0 Å². The summed E-state index contributed by atoms with van der Waals surface area (Å²) in [7, 11) is 1.37. The third-order valence-corrected chi connectivity index (χ3v) is 8.59. The number of rotatable bonds is 8. The van der Waals surface area contributed by atoms with Crippen LogP contribution in [0.4, 0.5) is 0 Å². The van der Waals surface area contributed by atoms with Crippen molar-refractivity contribution in [1.29, 1.82) is 0 Å². The molecule has 0 N–H and O–H groups in total. The monoisotopic (exact) mass is 506 g/mol. The minimum absolute atomic E-state index is 0.0394. The number of aryl methyl sites for hydroxylation is 2. The van der Waals surface area contributed by atoms with Crippen LogP contribution in [0.25, 0.3) is 0 Å². The van der Waals surface area contributed by atoms with Crippen molar-refractivity contribution >= 4 is 28.9 Å². The molecule has 0 spiro atoms. The van der Waals surface area contributed by atoms with Crippen LogP contribution in [0.3, 0.4) is 0 Å². The Kier molecular flexibility index (Phi) is 8.99. The molecule has 6 nitrogen and oxygen atoms in total. The maximum Gasteiger partial charge on any atom is 0.331 e. The third kappa shape index (κ3) is 6.58. The van der Waals surface area contributed by atoms with Gasteiger partial charge in [-0.05, 0) is 63.6 Å². The van der Waals surface area contributed by atoms with E-state index in [0.717, 1.165) is 30.8 Å². The summed E-state index contributed by atoms with van der Waals surface area (Å²) in [5.41, 5.74) is 2.44. The van der Waals surface area contributed by atoms with Crippen molar-refractivity contribution in [2.24, 2.45) is 0 Å². The summed E-state index contributed by atoms with van der Waals surface area (Å²) in [6.45, 7) is 6.09. The van der Waals surface area contributed by atoms with Crippen molar-refractivity contribution < 1.29 is 19.0 Å². The SMILES string of the molecule is COC(=O)COCC1CN(C2CCC(c3nc(C)c(C)s3)CC2)C(Cc2ccc(Cl)cc2)CO1. The van der Waals surface area contributed by atoms with Gasteiger partial charge in [-0.1, -0.05) is 23.7 Å². The minimum Gasteiger partial charge on any atom is -0.467 e. The average Bonchev–Trinajstić information content (AvgIpc) is 3.19. The molecular formula is C26H35ClN2O4S. The third-order valence-electron chi connectivity index (χ3n) is 7.10. The van der Waals surface area contributed by atoms with Crippen LogP contribution in [-0.4, -0.2) is 67.5 Å². The fraction of sp³-hybridized carbons (Fsp3) is 0.615. The van der Waals surface area contributed by atoms with Crippen LogP contribution >= 0.6 is 22.9 Å². The van der Waals surface area contributed by atoms with Gasteiger partial charge in [-0.15, -0.1) is 11.3 Å². The summed E-state index contributed by atoms with van der Waals surface area (Å²) in [4.78, 5) is 20.2. The van der Waals surface area contributed by atoms with Gasteiger partial charge in [-0.3, -0.25) is 4.90 Å². The van der Waals surface area contributed by atoms with Crippen LogP contribution < -0.4 is 0 Å². The summed E-state index contributed by atoms with van der Waals surface area (Å²) in [5, 5.41) is 2.07. The lowest BCUT2D eigenvalue weighted by atomic mass is 9.84. The van der Waals surface area contributed by atoms with Crippen LogP contribution in [0.1, 0.15) is 52.7 Å². The number of hydrogen-bond donors (Lipinski definition) is 0. The molecule has 1 saturated heterocycles. The predicted molar refractivity (Wildman–Crippen MR) is 135 cm³/mol. The number of carbonyl (C=O) groups is 1. The van der Waals surface area contributed by atoms with E-state index in [4.69, 9.17) is 26.1 Å². The zero-order valence-corrected chi connectivity index (χ0v) is 21.9. The van der Waals surface area contributed by atoms with Crippen LogP contribution in [-0.2, 0) is 25.4 Å². The number of esters is 1. The zero-order chi connectivity index (χ0) is 24.1. The van der Waals surface area contributed by atoms with Gasteiger partial charge in [0.1, 0.15) is 6.61 Å². The number of nitrogens with zero attached hydrogens (tertiary/aromatic N) is 2. The summed E-state index contributed by atoms with van der Waals surface area (Å²) < 4.78 is 16.4.